The first-order chi connectivity index (χ1) is 5.79. The molecule has 0 unspecified atom stereocenters. The molecule has 0 atom stereocenters. The van der Waals surface area contributed by atoms with Crippen molar-refractivity contribution in [1.29, 1.82) is 0 Å². The fourth-order valence-electron chi connectivity index (χ4n) is 2.06. The molecule has 0 aromatic rings. The topological polar surface area (TPSA) is 17.1 Å². The van der Waals surface area contributed by atoms with Crippen LogP contribution in [0.4, 0.5) is 0 Å². The Labute approximate surface area is 73.8 Å². The second-order valence-electron chi connectivity index (χ2n) is 4.07. The summed E-state index contributed by atoms with van der Waals surface area (Å²) in [6.45, 7) is 2.16. The van der Waals surface area contributed by atoms with Gasteiger partial charge in [0.15, 0.2) is 5.78 Å². The Morgan fingerprint density at radius 3 is 2.50 bits per heavy atom. The first-order valence-corrected chi connectivity index (χ1v) is 5.02. The SMILES string of the molecule is C/C(=C1\CCCCC1=O)C1CC1. The highest BCUT2D eigenvalue weighted by atomic mass is 16.1. The van der Waals surface area contributed by atoms with Crippen molar-refractivity contribution in [1.82, 2.24) is 0 Å². The van der Waals surface area contributed by atoms with Gasteiger partial charge < -0.3 is 0 Å². The van der Waals surface area contributed by atoms with Gasteiger partial charge in [0.05, 0.1) is 0 Å². The molecule has 2 rings (SSSR count). The lowest BCUT2D eigenvalue weighted by Crippen LogP contribution is -2.10. The number of carbonyl (C=O) groups is 1. The number of allylic oxidation sites excluding steroid dienone is 2. The van der Waals surface area contributed by atoms with Gasteiger partial charge in [0.25, 0.3) is 0 Å². The van der Waals surface area contributed by atoms with E-state index in [4.69, 9.17) is 0 Å². The summed E-state index contributed by atoms with van der Waals surface area (Å²) in [5.74, 6) is 1.22. The molecule has 2 aliphatic carbocycles. The van der Waals surface area contributed by atoms with Crippen LogP contribution < -0.4 is 0 Å². The lowest BCUT2D eigenvalue weighted by molar-refractivity contribution is -0.116. The van der Waals surface area contributed by atoms with E-state index in [-0.39, 0.29) is 0 Å². The van der Waals surface area contributed by atoms with Crippen LogP contribution in [0.3, 0.4) is 0 Å². The highest BCUT2D eigenvalue weighted by Crippen LogP contribution is 2.39. The fraction of sp³-hybridized carbons (Fsp3) is 0.727. The Morgan fingerprint density at radius 2 is 1.92 bits per heavy atom. The highest BCUT2D eigenvalue weighted by Gasteiger charge is 2.28. The van der Waals surface area contributed by atoms with Crippen molar-refractivity contribution < 1.29 is 4.79 Å². The largest absolute Gasteiger partial charge is 0.295 e. The van der Waals surface area contributed by atoms with Crippen LogP contribution in [-0.4, -0.2) is 5.78 Å². The van der Waals surface area contributed by atoms with E-state index in [0.717, 1.165) is 25.2 Å². The average Bonchev–Trinajstić information content (AvgIpc) is 2.86. The monoisotopic (exact) mass is 164 g/mol. The van der Waals surface area contributed by atoms with Gasteiger partial charge in [0.1, 0.15) is 0 Å². The number of carbonyl (C=O) groups excluding carboxylic acids is 1. The third-order valence-corrected chi connectivity index (χ3v) is 3.08. The van der Waals surface area contributed by atoms with Crippen molar-refractivity contribution in [2.45, 2.75) is 45.4 Å². The summed E-state index contributed by atoms with van der Waals surface area (Å²) in [5.41, 5.74) is 2.60. The van der Waals surface area contributed by atoms with E-state index in [9.17, 15) is 4.79 Å². The third-order valence-electron chi connectivity index (χ3n) is 3.08. The van der Waals surface area contributed by atoms with Gasteiger partial charge in [0, 0.05) is 6.42 Å². The summed E-state index contributed by atoms with van der Waals surface area (Å²) in [4.78, 5) is 11.5. The first-order valence-electron chi connectivity index (χ1n) is 5.02. The quantitative estimate of drug-likeness (QED) is 0.545. The van der Waals surface area contributed by atoms with Crippen LogP contribution in [0.1, 0.15) is 45.4 Å². The summed E-state index contributed by atoms with van der Waals surface area (Å²) >= 11 is 0. The van der Waals surface area contributed by atoms with Gasteiger partial charge in [-0.25, -0.2) is 0 Å². The first kappa shape index (κ1) is 8.03. The zero-order chi connectivity index (χ0) is 8.55. The van der Waals surface area contributed by atoms with Crippen LogP contribution in [0.2, 0.25) is 0 Å². The van der Waals surface area contributed by atoms with E-state index in [1.54, 1.807) is 0 Å². The van der Waals surface area contributed by atoms with Crippen LogP contribution in [0.5, 0.6) is 0 Å². The molecule has 12 heavy (non-hydrogen) atoms. The minimum Gasteiger partial charge on any atom is -0.295 e. The molecule has 0 radical (unpaired) electrons. The Morgan fingerprint density at radius 1 is 1.25 bits per heavy atom. The van der Waals surface area contributed by atoms with Gasteiger partial charge in [-0.3, -0.25) is 4.79 Å². The smallest absolute Gasteiger partial charge is 0.158 e. The summed E-state index contributed by atoms with van der Waals surface area (Å²) < 4.78 is 0. The second kappa shape index (κ2) is 3.04. The van der Waals surface area contributed by atoms with Gasteiger partial charge in [-0.1, -0.05) is 5.57 Å². The van der Waals surface area contributed by atoms with Gasteiger partial charge in [-0.15, -0.1) is 0 Å². The molecule has 1 nitrogen and oxygen atoms in total. The van der Waals surface area contributed by atoms with Crippen molar-refractivity contribution >= 4 is 5.78 Å². The van der Waals surface area contributed by atoms with E-state index in [2.05, 4.69) is 6.92 Å². The van der Waals surface area contributed by atoms with Crippen LogP contribution in [-0.2, 0) is 4.79 Å². The molecule has 0 aromatic heterocycles. The summed E-state index contributed by atoms with van der Waals surface area (Å²) in [6, 6.07) is 0. The van der Waals surface area contributed by atoms with Crippen molar-refractivity contribution in [3.05, 3.63) is 11.1 Å². The maximum Gasteiger partial charge on any atom is 0.158 e. The molecular weight excluding hydrogens is 148 g/mol. The molecule has 0 saturated heterocycles. The minimum atomic E-state index is 0.436. The van der Waals surface area contributed by atoms with Gasteiger partial charge >= 0.3 is 0 Å². The van der Waals surface area contributed by atoms with E-state index in [1.807, 2.05) is 0 Å². The van der Waals surface area contributed by atoms with Gasteiger partial charge in [0.2, 0.25) is 0 Å². The van der Waals surface area contributed by atoms with Crippen molar-refractivity contribution in [2.24, 2.45) is 5.92 Å². The molecule has 66 valence electrons. The molecule has 0 aromatic carbocycles. The lowest BCUT2D eigenvalue weighted by atomic mass is 9.89. The zero-order valence-electron chi connectivity index (χ0n) is 7.73. The molecule has 1 heteroatoms. The summed E-state index contributed by atoms with van der Waals surface area (Å²) in [6.07, 6.45) is 6.84. The highest BCUT2D eigenvalue weighted by molar-refractivity contribution is 5.96. The van der Waals surface area contributed by atoms with E-state index >= 15 is 0 Å². The van der Waals surface area contributed by atoms with E-state index < -0.39 is 0 Å². The maximum absolute atomic E-state index is 11.5. The normalized spacial score (nSPS) is 28.9. The van der Waals surface area contributed by atoms with Crippen LogP contribution in [0, 0.1) is 5.92 Å². The number of hydrogen-bond donors (Lipinski definition) is 0. The number of ketones is 1. The van der Waals surface area contributed by atoms with Crippen LogP contribution >= 0.6 is 0 Å². The molecule has 0 spiro atoms. The maximum atomic E-state index is 11.5. The van der Waals surface area contributed by atoms with Crippen LogP contribution in [0.25, 0.3) is 0 Å². The summed E-state index contributed by atoms with van der Waals surface area (Å²) in [5, 5.41) is 0. The zero-order valence-corrected chi connectivity index (χ0v) is 7.73. The molecule has 2 fully saturated rings. The van der Waals surface area contributed by atoms with Crippen LogP contribution in [0.15, 0.2) is 11.1 Å². The molecule has 0 bridgehead atoms. The standard InChI is InChI=1S/C11H16O/c1-8(9-6-7-9)10-4-2-3-5-11(10)12/h9H,2-7H2,1H3/b10-8-. The number of rotatable bonds is 1. The fourth-order valence-corrected chi connectivity index (χ4v) is 2.06. The van der Waals surface area contributed by atoms with E-state index in [1.165, 1.54) is 30.4 Å². The average molecular weight is 164 g/mol. The van der Waals surface area contributed by atoms with Gasteiger partial charge in [-0.2, -0.15) is 0 Å². The summed E-state index contributed by atoms with van der Waals surface area (Å²) in [7, 11) is 0. The predicted octanol–water partition coefficient (Wildman–Crippen LogP) is 2.86. The predicted molar refractivity (Wildman–Crippen MR) is 48.9 cm³/mol. The van der Waals surface area contributed by atoms with Crippen molar-refractivity contribution in [3.8, 4) is 0 Å². The molecule has 0 aliphatic heterocycles. The minimum absolute atomic E-state index is 0.436. The number of hydrogen-bond acceptors (Lipinski definition) is 1. The molecule has 0 amide bonds. The van der Waals surface area contributed by atoms with Gasteiger partial charge in [-0.05, 0) is 50.5 Å². The van der Waals surface area contributed by atoms with Crippen molar-refractivity contribution in [3.63, 3.8) is 0 Å². The Bertz CT molecular complexity index is 233. The Kier molecular flexibility index (Phi) is 2.03. The third kappa shape index (κ3) is 1.45. The lowest BCUT2D eigenvalue weighted by Gasteiger charge is -2.15. The second-order valence-corrected chi connectivity index (χ2v) is 4.07. The molecule has 0 N–H and O–H groups in total. The molecular formula is C11H16O. The number of Topliss-reactive ketones (excluding diaryl/α,β-unsaturated/α-hetero) is 1. The molecule has 0 heterocycles. The Balaban J connectivity index is 2.17. The van der Waals surface area contributed by atoms with E-state index in [0.29, 0.717) is 5.78 Å². The molecule has 2 saturated carbocycles. The van der Waals surface area contributed by atoms with Crippen molar-refractivity contribution in [2.75, 3.05) is 0 Å². The Hall–Kier alpha value is -0.590. The molecule has 2 aliphatic rings.